The van der Waals surface area contributed by atoms with E-state index in [1.54, 1.807) is 7.11 Å². The van der Waals surface area contributed by atoms with E-state index in [-0.39, 0.29) is 0 Å². The number of likely N-dealkylation sites (tertiary alicyclic amines) is 1. The van der Waals surface area contributed by atoms with E-state index in [2.05, 4.69) is 30.9 Å². The highest BCUT2D eigenvalue weighted by Gasteiger charge is 2.37. The zero-order valence-corrected chi connectivity index (χ0v) is 17.7. The molecule has 2 heterocycles. The highest BCUT2D eigenvalue weighted by molar-refractivity contribution is 5.92. The second kappa shape index (κ2) is 8.50. The van der Waals surface area contributed by atoms with Gasteiger partial charge in [-0.15, -0.1) is 0 Å². The zero-order valence-electron chi connectivity index (χ0n) is 17.7. The molecule has 29 heavy (non-hydrogen) atoms. The predicted octanol–water partition coefficient (Wildman–Crippen LogP) is 6.14. The van der Waals surface area contributed by atoms with Crippen molar-refractivity contribution < 1.29 is 13.9 Å². The first-order chi connectivity index (χ1) is 14.2. The van der Waals surface area contributed by atoms with Gasteiger partial charge in [0.1, 0.15) is 17.9 Å². The third-order valence-corrected chi connectivity index (χ3v) is 6.55. The Kier molecular flexibility index (Phi) is 5.81. The normalized spacial score (nSPS) is 16.4. The molecule has 4 nitrogen and oxygen atoms in total. The molecule has 1 aromatic heterocycles. The molecule has 1 fully saturated rings. The van der Waals surface area contributed by atoms with Crippen LogP contribution in [-0.4, -0.2) is 37.2 Å². The third kappa shape index (κ3) is 3.74. The summed E-state index contributed by atoms with van der Waals surface area (Å²) in [7, 11) is 1.67. The first kappa shape index (κ1) is 19.8. The zero-order chi connectivity index (χ0) is 20.3. The van der Waals surface area contributed by atoms with Crippen molar-refractivity contribution in [2.24, 2.45) is 0 Å². The molecular formula is C25H31NO3. The van der Waals surface area contributed by atoms with Crippen LogP contribution in [0.1, 0.15) is 39.5 Å². The second-order valence-electron chi connectivity index (χ2n) is 7.86. The Morgan fingerprint density at radius 1 is 1.07 bits per heavy atom. The Bertz CT molecular complexity index is 943. The second-order valence-corrected chi connectivity index (χ2v) is 7.86. The van der Waals surface area contributed by atoms with Gasteiger partial charge in [0.05, 0.1) is 12.5 Å². The smallest absolute Gasteiger partial charge is 0.177 e. The number of ether oxygens (including phenoxy) is 2. The molecule has 1 saturated heterocycles. The maximum absolute atomic E-state index is 6.39. The van der Waals surface area contributed by atoms with Crippen LogP contribution in [0.25, 0.3) is 22.3 Å². The van der Waals surface area contributed by atoms with E-state index >= 15 is 0 Å². The van der Waals surface area contributed by atoms with Crippen LogP contribution in [0.2, 0.25) is 0 Å². The molecule has 0 N–H and O–H groups in total. The van der Waals surface area contributed by atoms with Gasteiger partial charge in [-0.25, -0.2) is 0 Å². The van der Waals surface area contributed by atoms with Crippen LogP contribution in [0.15, 0.2) is 52.9 Å². The standard InChI is InChI=1S/C25H31NO3/c1-4-25(5-2)14-9-15-26(25)16-17-28-24-21-13-12-20(27-3)18-22(21)29-23(24)19-10-7-6-8-11-19/h6-8,10-13,18H,4-5,9,14-17H2,1-3H3. The molecule has 1 aliphatic rings. The lowest BCUT2D eigenvalue weighted by Gasteiger charge is -2.37. The Morgan fingerprint density at radius 2 is 1.86 bits per heavy atom. The van der Waals surface area contributed by atoms with Crippen LogP contribution in [0.3, 0.4) is 0 Å². The number of benzene rings is 2. The molecule has 154 valence electrons. The minimum absolute atomic E-state index is 0.345. The number of rotatable bonds is 8. The Morgan fingerprint density at radius 3 is 2.59 bits per heavy atom. The maximum Gasteiger partial charge on any atom is 0.177 e. The Hall–Kier alpha value is -2.46. The molecule has 0 amide bonds. The number of hydrogen-bond acceptors (Lipinski definition) is 4. The molecule has 2 aromatic carbocycles. The van der Waals surface area contributed by atoms with Gasteiger partial charge in [-0.1, -0.05) is 44.2 Å². The van der Waals surface area contributed by atoms with E-state index in [0.717, 1.165) is 40.3 Å². The van der Waals surface area contributed by atoms with Crippen molar-refractivity contribution in [2.75, 3.05) is 26.8 Å². The summed E-state index contributed by atoms with van der Waals surface area (Å²) in [4.78, 5) is 2.63. The largest absolute Gasteiger partial charge is 0.497 e. The highest BCUT2D eigenvalue weighted by atomic mass is 16.5. The maximum atomic E-state index is 6.39. The predicted molar refractivity (Wildman–Crippen MR) is 118 cm³/mol. The van der Waals surface area contributed by atoms with Crippen molar-refractivity contribution in [3.05, 3.63) is 48.5 Å². The van der Waals surface area contributed by atoms with Crippen molar-refractivity contribution >= 4 is 11.0 Å². The molecule has 1 aliphatic heterocycles. The SMILES string of the molecule is CCC1(CC)CCCN1CCOc1c(-c2ccccc2)oc2cc(OC)ccc12. The van der Waals surface area contributed by atoms with E-state index in [9.17, 15) is 0 Å². The van der Waals surface area contributed by atoms with Gasteiger partial charge in [-0.3, -0.25) is 4.90 Å². The molecule has 4 heteroatoms. The highest BCUT2D eigenvalue weighted by Crippen LogP contribution is 2.41. The summed E-state index contributed by atoms with van der Waals surface area (Å²) in [5.74, 6) is 2.39. The van der Waals surface area contributed by atoms with E-state index in [4.69, 9.17) is 13.9 Å². The van der Waals surface area contributed by atoms with Crippen molar-refractivity contribution in [2.45, 2.75) is 45.1 Å². The average Bonchev–Trinajstić information content (AvgIpc) is 3.35. The van der Waals surface area contributed by atoms with Gasteiger partial charge in [0.15, 0.2) is 11.5 Å². The van der Waals surface area contributed by atoms with Crippen LogP contribution < -0.4 is 9.47 Å². The van der Waals surface area contributed by atoms with E-state index in [1.165, 1.54) is 32.2 Å². The molecule has 0 spiro atoms. The number of fused-ring (bicyclic) bond motifs is 1. The molecule has 0 atom stereocenters. The van der Waals surface area contributed by atoms with Gasteiger partial charge < -0.3 is 13.9 Å². The molecule has 0 saturated carbocycles. The fourth-order valence-corrected chi connectivity index (χ4v) is 4.76. The molecule has 0 bridgehead atoms. The van der Waals surface area contributed by atoms with Gasteiger partial charge in [-0.2, -0.15) is 0 Å². The molecule has 4 rings (SSSR count). The van der Waals surface area contributed by atoms with E-state index in [1.807, 2.05) is 36.4 Å². The monoisotopic (exact) mass is 393 g/mol. The van der Waals surface area contributed by atoms with Crippen molar-refractivity contribution in [3.8, 4) is 22.8 Å². The van der Waals surface area contributed by atoms with Crippen LogP contribution in [0.5, 0.6) is 11.5 Å². The average molecular weight is 394 g/mol. The number of furan rings is 1. The summed E-state index contributed by atoms with van der Waals surface area (Å²) < 4.78 is 18.0. The van der Waals surface area contributed by atoms with Gasteiger partial charge >= 0.3 is 0 Å². The lowest BCUT2D eigenvalue weighted by molar-refractivity contribution is 0.106. The quantitative estimate of drug-likeness (QED) is 0.460. The summed E-state index contributed by atoms with van der Waals surface area (Å²) in [6, 6.07) is 16.1. The summed E-state index contributed by atoms with van der Waals surface area (Å²) in [6.45, 7) is 7.39. The summed E-state index contributed by atoms with van der Waals surface area (Å²) in [5, 5.41) is 0.989. The van der Waals surface area contributed by atoms with Crippen LogP contribution in [0, 0.1) is 0 Å². The molecule has 0 radical (unpaired) electrons. The van der Waals surface area contributed by atoms with Crippen molar-refractivity contribution in [1.29, 1.82) is 0 Å². The van der Waals surface area contributed by atoms with Crippen LogP contribution in [-0.2, 0) is 0 Å². The topological polar surface area (TPSA) is 34.8 Å². The molecule has 0 unspecified atom stereocenters. The van der Waals surface area contributed by atoms with Gasteiger partial charge in [0.25, 0.3) is 0 Å². The first-order valence-electron chi connectivity index (χ1n) is 10.7. The van der Waals surface area contributed by atoms with E-state index in [0.29, 0.717) is 12.1 Å². The first-order valence-corrected chi connectivity index (χ1v) is 10.7. The third-order valence-electron chi connectivity index (χ3n) is 6.55. The minimum Gasteiger partial charge on any atom is -0.497 e. The number of nitrogens with zero attached hydrogens (tertiary/aromatic N) is 1. The van der Waals surface area contributed by atoms with Crippen LogP contribution in [0.4, 0.5) is 0 Å². The molecule has 3 aromatic rings. The van der Waals surface area contributed by atoms with Crippen LogP contribution >= 0.6 is 0 Å². The van der Waals surface area contributed by atoms with E-state index < -0.39 is 0 Å². The minimum atomic E-state index is 0.345. The van der Waals surface area contributed by atoms with Crippen molar-refractivity contribution in [3.63, 3.8) is 0 Å². The molecule has 0 aliphatic carbocycles. The molecular weight excluding hydrogens is 362 g/mol. The van der Waals surface area contributed by atoms with Gasteiger partial charge in [0.2, 0.25) is 0 Å². The lowest BCUT2D eigenvalue weighted by Crippen LogP contribution is -2.44. The summed E-state index contributed by atoms with van der Waals surface area (Å²) in [5.41, 5.74) is 2.16. The summed E-state index contributed by atoms with van der Waals surface area (Å²) in [6.07, 6.45) is 4.98. The fraction of sp³-hybridized carbons (Fsp3) is 0.440. The summed E-state index contributed by atoms with van der Waals surface area (Å²) >= 11 is 0. The van der Waals surface area contributed by atoms with Gasteiger partial charge in [0, 0.05) is 23.7 Å². The number of hydrogen-bond donors (Lipinski definition) is 0. The number of methoxy groups -OCH3 is 1. The fourth-order valence-electron chi connectivity index (χ4n) is 4.76. The lowest BCUT2D eigenvalue weighted by atomic mass is 9.90. The Balaban J connectivity index is 1.60. The Labute approximate surface area is 173 Å². The van der Waals surface area contributed by atoms with Crippen molar-refractivity contribution in [1.82, 2.24) is 4.90 Å². The van der Waals surface area contributed by atoms with Gasteiger partial charge in [-0.05, 0) is 44.4 Å².